The summed E-state index contributed by atoms with van der Waals surface area (Å²) in [6.45, 7) is 9.34. The summed E-state index contributed by atoms with van der Waals surface area (Å²) in [6, 6.07) is 0. The van der Waals surface area contributed by atoms with E-state index in [-0.39, 0.29) is 0 Å². The molecule has 2 atom stereocenters. The summed E-state index contributed by atoms with van der Waals surface area (Å²) >= 11 is 0. The molecule has 86 valence electrons. The lowest BCUT2D eigenvalue weighted by Crippen LogP contribution is -2.02. The van der Waals surface area contributed by atoms with Gasteiger partial charge in [0.15, 0.2) is 0 Å². The third kappa shape index (κ3) is 7.41. The van der Waals surface area contributed by atoms with E-state index in [1.165, 1.54) is 51.4 Å². The van der Waals surface area contributed by atoms with Crippen LogP contribution in [0.5, 0.6) is 0 Å². The monoisotopic (exact) mass is 198 g/mol. The molecule has 0 bridgehead atoms. The first-order chi connectivity index (χ1) is 6.74. The smallest absolute Gasteiger partial charge is 0.0417 e. The lowest BCUT2D eigenvalue weighted by Gasteiger charge is -2.16. The molecule has 0 aliphatic heterocycles. The van der Waals surface area contributed by atoms with E-state index in [1.807, 2.05) is 0 Å². The van der Waals surface area contributed by atoms with Crippen LogP contribution in [0.1, 0.15) is 79.1 Å². The minimum Gasteiger partial charge on any atom is -0.0654 e. The van der Waals surface area contributed by atoms with Crippen LogP contribution in [0.2, 0.25) is 0 Å². The molecule has 0 aromatic heterocycles. The van der Waals surface area contributed by atoms with Gasteiger partial charge in [-0.05, 0) is 11.8 Å². The molecule has 0 rings (SSSR count). The Morgan fingerprint density at radius 3 is 2.00 bits per heavy atom. The molecule has 0 heterocycles. The van der Waals surface area contributed by atoms with Gasteiger partial charge in [0.05, 0.1) is 0 Å². The van der Waals surface area contributed by atoms with Crippen molar-refractivity contribution in [1.29, 1.82) is 0 Å². The highest BCUT2D eigenvalue weighted by Crippen LogP contribution is 2.22. The zero-order chi connectivity index (χ0) is 10.8. The van der Waals surface area contributed by atoms with E-state index < -0.39 is 0 Å². The summed E-state index contributed by atoms with van der Waals surface area (Å²) in [5.74, 6) is 1.95. The third-order valence-electron chi connectivity index (χ3n) is 3.56. The molecule has 0 fully saturated rings. The van der Waals surface area contributed by atoms with Crippen LogP contribution in [-0.4, -0.2) is 0 Å². The van der Waals surface area contributed by atoms with Crippen molar-refractivity contribution in [2.75, 3.05) is 0 Å². The van der Waals surface area contributed by atoms with Crippen molar-refractivity contribution < 1.29 is 0 Å². The van der Waals surface area contributed by atoms with Crippen LogP contribution in [0.4, 0.5) is 0 Å². The van der Waals surface area contributed by atoms with E-state index in [9.17, 15) is 0 Å². The Balaban J connectivity index is 3.47. The van der Waals surface area contributed by atoms with Gasteiger partial charge in [-0.25, -0.2) is 0 Å². The zero-order valence-electron chi connectivity index (χ0n) is 10.8. The Kier molecular flexibility index (Phi) is 9.55. The van der Waals surface area contributed by atoms with E-state index in [0.29, 0.717) is 0 Å². The Hall–Kier alpha value is 0. The van der Waals surface area contributed by atoms with E-state index in [1.54, 1.807) is 0 Å². The van der Waals surface area contributed by atoms with Gasteiger partial charge in [0.25, 0.3) is 0 Å². The van der Waals surface area contributed by atoms with E-state index >= 15 is 0 Å². The van der Waals surface area contributed by atoms with Crippen molar-refractivity contribution in [3.05, 3.63) is 0 Å². The molecule has 0 nitrogen and oxygen atoms in total. The average Bonchev–Trinajstić information content (AvgIpc) is 2.22. The molecule has 0 aliphatic rings. The molecule has 0 radical (unpaired) electrons. The highest BCUT2D eigenvalue weighted by molar-refractivity contribution is 4.60. The standard InChI is InChI=1S/C14H30/c1-5-8-9-10-14(7-3)12-11-13(4)6-2/h13-14H,5-12H2,1-4H3. The molecule has 0 aromatic rings. The molecule has 0 saturated carbocycles. The van der Waals surface area contributed by atoms with E-state index in [2.05, 4.69) is 27.7 Å². The topological polar surface area (TPSA) is 0 Å². The molecule has 0 aromatic carbocycles. The summed E-state index contributed by atoms with van der Waals surface area (Å²) < 4.78 is 0. The second kappa shape index (κ2) is 9.55. The van der Waals surface area contributed by atoms with Crippen molar-refractivity contribution in [1.82, 2.24) is 0 Å². The minimum absolute atomic E-state index is 0.940. The van der Waals surface area contributed by atoms with Crippen molar-refractivity contribution in [3.8, 4) is 0 Å². The second-order valence-corrected chi connectivity index (χ2v) is 4.86. The summed E-state index contributed by atoms with van der Waals surface area (Å²) in [5.41, 5.74) is 0. The van der Waals surface area contributed by atoms with Crippen LogP contribution >= 0.6 is 0 Å². The molecule has 0 saturated heterocycles. The highest BCUT2D eigenvalue weighted by Gasteiger charge is 2.07. The first-order valence-corrected chi connectivity index (χ1v) is 6.74. The largest absolute Gasteiger partial charge is 0.0654 e. The van der Waals surface area contributed by atoms with Gasteiger partial charge in [0.2, 0.25) is 0 Å². The lowest BCUT2D eigenvalue weighted by atomic mass is 9.90. The SMILES string of the molecule is CCCCCC(CC)CCC(C)CC. The fourth-order valence-corrected chi connectivity index (χ4v) is 1.96. The Bertz CT molecular complexity index is 107. The van der Waals surface area contributed by atoms with Gasteiger partial charge in [0.1, 0.15) is 0 Å². The number of hydrogen-bond donors (Lipinski definition) is 0. The van der Waals surface area contributed by atoms with Gasteiger partial charge >= 0.3 is 0 Å². The first kappa shape index (κ1) is 14.0. The average molecular weight is 198 g/mol. The van der Waals surface area contributed by atoms with Crippen molar-refractivity contribution in [3.63, 3.8) is 0 Å². The fraction of sp³-hybridized carbons (Fsp3) is 1.00. The summed E-state index contributed by atoms with van der Waals surface area (Å²) in [5, 5.41) is 0. The van der Waals surface area contributed by atoms with Crippen LogP contribution in [0.3, 0.4) is 0 Å². The molecule has 0 aliphatic carbocycles. The van der Waals surface area contributed by atoms with Crippen LogP contribution in [0, 0.1) is 11.8 Å². The molecule has 0 heteroatoms. The molecule has 14 heavy (non-hydrogen) atoms. The number of rotatable bonds is 9. The quantitative estimate of drug-likeness (QED) is 0.434. The van der Waals surface area contributed by atoms with Crippen molar-refractivity contribution in [2.45, 2.75) is 79.1 Å². The summed E-state index contributed by atoms with van der Waals surface area (Å²) in [4.78, 5) is 0. The predicted molar refractivity (Wildman–Crippen MR) is 66.6 cm³/mol. The Morgan fingerprint density at radius 1 is 0.786 bits per heavy atom. The number of unbranched alkanes of at least 4 members (excludes halogenated alkanes) is 2. The molecule has 0 N–H and O–H groups in total. The third-order valence-corrected chi connectivity index (χ3v) is 3.56. The van der Waals surface area contributed by atoms with Gasteiger partial charge in [-0.15, -0.1) is 0 Å². The molecule has 0 amide bonds. The van der Waals surface area contributed by atoms with Crippen LogP contribution in [0.15, 0.2) is 0 Å². The number of hydrogen-bond acceptors (Lipinski definition) is 0. The maximum Gasteiger partial charge on any atom is -0.0417 e. The summed E-state index contributed by atoms with van der Waals surface area (Å²) in [6.07, 6.45) is 11.4. The first-order valence-electron chi connectivity index (χ1n) is 6.74. The maximum atomic E-state index is 2.39. The van der Waals surface area contributed by atoms with Gasteiger partial charge in [0, 0.05) is 0 Å². The van der Waals surface area contributed by atoms with Gasteiger partial charge in [-0.2, -0.15) is 0 Å². The predicted octanol–water partition coefficient (Wildman–Crippen LogP) is 5.42. The van der Waals surface area contributed by atoms with E-state index in [0.717, 1.165) is 11.8 Å². The van der Waals surface area contributed by atoms with Gasteiger partial charge in [-0.3, -0.25) is 0 Å². The van der Waals surface area contributed by atoms with Crippen LogP contribution < -0.4 is 0 Å². The van der Waals surface area contributed by atoms with Crippen LogP contribution in [0.25, 0.3) is 0 Å². The minimum atomic E-state index is 0.940. The van der Waals surface area contributed by atoms with Crippen LogP contribution in [-0.2, 0) is 0 Å². The summed E-state index contributed by atoms with van der Waals surface area (Å²) in [7, 11) is 0. The molecular weight excluding hydrogens is 168 g/mol. The second-order valence-electron chi connectivity index (χ2n) is 4.86. The highest BCUT2D eigenvalue weighted by atomic mass is 14.1. The molecule has 0 spiro atoms. The Morgan fingerprint density at radius 2 is 1.50 bits per heavy atom. The van der Waals surface area contributed by atoms with E-state index in [4.69, 9.17) is 0 Å². The van der Waals surface area contributed by atoms with Crippen molar-refractivity contribution in [2.24, 2.45) is 11.8 Å². The molecular formula is C14H30. The molecule has 2 unspecified atom stereocenters. The van der Waals surface area contributed by atoms with Crippen molar-refractivity contribution >= 4 is 0 Å². The normalized spacial score (nSPS) is 15.4. The maximum absolute atomic E-state index is 2.39. The fourth-order valence-electron chi connectivity index (χ4n) is 1.96. The zero-order valence-corrected chi connectivity index (χ0v) is 10.8. The van der Waals surface area contributed by atoms with Gasteiger partial charge < -0.3 is 0 Å². The lowest BCUT2D eigenvalue weighted by molar-refractivity contribution is 0.365. The Labute approximate surface area is 91.5 Å². The van der Waals surface area contributed by atoms with Gasteiger partial charge in [-0.1, -0.05) is 79.1 Å².